The Bertz CT molecular complexity index is 1810. The van der Waals surface area contributed by atoms with Crippen molar-refractivity contribution in [3.05, 3.63) is 107 Å². The molecular weight excluding hydrogens is 607 g/mol. The first kappa shape index (κ1) is 31.4. The van der Waals surface area contributed by atoms with Crippen LogP contribution in [-0.2, 0) is 13.2 Å². The minimum absolute atomic E-state index is 0.0406. The number of thiophene rings is 1. The Morgan fingerprint density at radius 1 is 0.851 bits per heavy atom. The van der Waals surface area contributed by atoms with Crippen LogP contribution in [0.5, 0.6) is 17.4 Å². The van der Waals surface area contributed by atoms with Gasteiger partial charge in [-0.1, -0.05) is 42.5 Å². The Hall–Kier alpha value is -4.24. The summed E-state index contributed by atoms with van der Waals surface area (Å²) in [4.78, 5) is 24.8. The molecule has 47 heavy (non-hydrogen) atoms. The summed E-state index contributed by atoms with van der Waals surface area (Å²) in [5.74, 6) is 2.07. The lowest BCUT2D eigenvalue weighted by molar-refractivity contribution is 0.104. The summed E-state index contributed by atoms with van der Waals surface area (Å²) in [6.07, 6.45) is 6.80. The highest BCUT2D eigenvalue weighted by Gasteiger charge is 2.24. The summed E-state index contributed by atoms with van der Waals surface area (Å²) in [5.41, 5.74) is 4.36. The molecule has 2 fully saturated rings. The Morgan fingerprint density at radius 3 is 2.38 bits per heavy atom. The van der Waals surface area contributed by atoms with E-state index in [1.807, 2.05) is 72.9 Å². The number of benzene rings is 3. The largest absolute Gasteiger partial charge is 0.496 e. The highest BCUT2D eigenvalue weighted by molar-refractivity contribution is 7.22. The number of likely N-dealkylation sites (tertiary alicyclic amines) is 2. The maximum atomic E-state index is 14.4. The maximum Gasteiger partial charge on any atom is 0.213 e. The van der Waals surface area contributed by atoms with Crippen molar-refractivity contribution in [1.82, 2.24) is 14.8 Å². The molecule has 4 heterocycles. The van der Waals surface area contributed by atoms with E-state index in [2.05, 4.69) is 26.9 Å². The van der Waals surface area contributed by atoms with Crippen LogP contribution >= 0.6 is 11.3 Å². The van der Waals surface area contributed by atoms with Gasteiger partial charge in [0, 0.05) is 62.6 Å². The van der Waals surface area contributed by atoms with Crippen molar-refractivity contribution in [3.63, 3.8) is 0 Å². The van der Waals surface area contributed by atoms with Crippen molar-refractivity contribution in [2.75, 3.05) is 46.4 Å². The Kier molecular flexibility index (Phi) is 9.79. The summed E-state index contributed by atoms with van der Waals surface area (Å²) in [6.45, 7) is 7.31. The number of hydrogen-bond acceptors (Lipinski definition) is 8. The predicted molar refractivity (Wildman–Crippen MR) is 188 cm³/mol. The molecule has 7 nitrogen and oxygen atoms in total. The van der Waals surface area contributed by atoms with Crippen LogP contribution in [0.2, 0.25) is 0 Å². The molecule has 0 spiro atoms. The summed E-state index contributed by atoms with van der Waals surface area (Å²) in [6, 6.07) is 25.9. The molecule has 7 rings (SSSR count). The molecule has 0 atom stereocenters. The number of rotatable bonds is 13. The summed E-state index contributed by atoms with van der Waals surface area (Å²) in [5, 5.41) is 0.896. The lowest BCUT2D eigenvalue weighted by Gasteiger charge is -2.17. The standard InChI is InChI=1S/C39H41N3O4S/c1-44-34-23-29(11-12-31(34)26-42-19-7-8-20-42)38(43)37-33-15-14-32(46-27-28-9-3-2-4-10-28)24-35(33)47-39(37)30-13-16-36(40-25-30)45-22-21-41-17-5-6-18-41/h2-4,9-16,23-25H,5-8,17-22,26-27H2,1H3. The normalized spacial score (nSPS) is 15.3. The molecule has 0 aliphatic carbocycles. The lowest BCUT2D eigenvalue weighted by atomic mass is 9.97. The Labute approximate surface area is 280 Å². The fourth-order valence-electron chi connectivity index (χ4n) is 6.56. The van der Waals surface area contributed by atoms with Gasteiger partial charge in [-0.3, -0.25) is 14.6 Å². The van der Waals surface area contributed by atoms with Crippen molar-refractivity contribution >= 4 is 27.2 Å². The highest BCUT2D eigenvalue weighted by atomic mass is 32.1. The third-order valence-corrected chi connectivity index (χ3v) is 10.3. The van der Waals surface area contributed by atoms with Crippen LogP contribution in [0.25, 0.3) is 20.5 Å². The molecule has 0 N–H and O–H groups in total. The van der Waals surface area contributed by atoms with Gasteiger partial charge in [0.15, 0.2) is 5.78 Å². The van der Waals surface area contributed by atoms with Crippen LogP contribution in [0, 0.1) is 0 Å². The monoisotopic (exact) mass is 647 g/mol. The number of ether oxygens (including phenoxy) is 3. The van der Waals surface area contributed by atoms with Gasteiger partial charge in [-0.05, 0) is 87.8 Å². The van der Waals surface area contributed by atoms with Crippen LogP contribution in [0.1, 0.15) is 52.7 Å². The molecule has 0 radical (unpaired) electrons. The number of aromatic nitrogens is 1. The van der Waals surface area contributed by atoms with Crippen LogP contribution in [-0.4, -0.2) is 67.0 Å². The number of carbonyl (C=O) groups excluding carboxylic acids is 1. The van der Waals surface area contributed by atoms with Gasteiger partial charge in [0.2, 0.25) is 5.88 Å². The third kappa shape index (κ3) is 7.35. The molecule has 2 aliphatic heterocycles. The molecule has 0 bridgehead atoms. The molecule has 2 aliphatic rings. The van der Waals surface area contributed by atoms with Crippen molar-refractivity contribution in [2.24, 2.45) is 0 Å². The second kappa shape index (κ2) is 14.7. The fraction of sp³-hybridized carbons (Fsp3) is 0.333. The van der Waals surface area contributed by atoms with Gasteiger partial charge in [-0.15, -0.1) is 11.3 Å². The van der Waals surface area contributed by atoms with E-state index in [0.29, 0.717) is 30.2 Å². The zero-order chi connectivity index (χ0) is 32.0. The average Bonchev–Trinajstić information content (AvgIpc) is 3.90. The molecule has 5 aromatic rings. The van der Waals surface area contributed by atoms with Gasteiger partial charge in [0.1, 0.15) is 24.7 Å². The first-order valence-electron chi connectivity index (χ1n) is 16.6. The molecule has 2 saturated heterocycles. The quantitative estimate of drug-likeness (QED) is 0.121. The minimum atomic E-state index is -0.0406. The molecular formula is C39H41N3O4S. The SMILES string of the molecule is COc1cc(C(=O)c2c(-c3ccc(OCCN4CCCC4)nc3)sc3cc(OCc4ccccc4)ccc23)ccc1CN1CCCC1. The molecule has 2 aromatic heterocycles. The second-order valence-electron chi connectivity index (χ2n) is 12.4. The van der Waals surface area contributed by atoms with E-state index in [1.165, 1.54) is 25.7 Å². The van der Waals surface area contributed by atoms with Crippen LogP contribution < -0.4 is 14.2 Å². The lowest BCUT2D eigenvalue weighted by Crippen LogP contribution is -2.25. The zero-order valence-electron chi connectivity index (χ0n) is 27.0. The van der Waals surface area contributed by atoms with Gasteiger partial charge in [-0.2, -0.15) is 0 Å². The third-order valence-electron chi connectivity index (χ3n) is 9.13. The average molecular weight is 648 g/mol. The molecule has 3 aromatic carbocycles. The van der Waals surface area contributed by atoms with Gasteiger partial charge < -0.3 is 14.2 Å². The zero-order valence-corrected chi connectivity index (χ0v) is 27.8. The maximum absolute atomic E-state index is 14.4. The molecule has 0 saturated carbocycles. The Balaban J connectivity index is 1.19. The number of hydrogen-bond donors (Lipinski definition) is 0. The molecule has 0 unspecified atom stereocenters. The molecule has 0 amide bonds. The topological polar surface area (TPSA) is 64.1 Å². The van der Waals surface area contributed by atoms with E-state index in [9.17, 15) is 4.79 Å². The van der Waals surface area contributed by atoms with Crippen molar-refractivity contribution < 1.29 is 19.0 Å². The van der Waals surface area contributed by atoms with E-state index in [-0.39, 0.29) is 5.78 Å². The Morgan fingerprint density at radius 2 is 1.64 bits per heavy atom. The summed E-state index contributed by atoms with van der Waals surface area (Å²) >= 11 is 1.58. The smallest absolute Gasteiger partial charge is 0.213 e. The number of carbonyl (C=O) groups is 1. The minimum Gasteiger partial charge on any atom is -0.496 e. The van der Waals surface area contributed by atoms with Crippen LogP contribution in [0.3, 0.4) is 0 Å². The van der Waals surface area contributed by atoms with Crippen LogP contribution in [0.4, 0.5) is 0 Å². The van der Waals surface area contributed by atoms with Crippen LogP contribution in [0.15, 0.2) is 85.1 Å². The number of nitrogens with zero attached hydrogens (tertiary/aromatic N) is 3. The number of fused-ring (bicyclic) bond motifs is 1. The van der Waals surface area contributed by atoms with E-state index in [0.717, 1.165) is 82.4 Å². The first-order chi connectivity index (χ1) is 23.1. The van der Waals surface area contributed by atoms with Crippen molar-refractivity contribution in [3.8, 4) is 27.8 Å². The fourth-order valence-corrected chi connectivity index (χ4v) is 7.78. The molecule has 8 heteroatoms. The van der Waals surface area contributed by atoms with Crippen molar-refractivity contribution in [1.29, 1.82) is 0 Å². The summed E-state index contributed by atoms with van der Waals surface area (Å²) in [7, 11) is 1.68. The van der Waals surface area contributed by atoms with E-state index < -0.39 is 0 Å². The van der Waals surface area contributed by atoms with E-state index in [1.54, 1.807) is 18.4 Å². The predicted octanol–water partition coefficient (Wildman–Crippen LogP) is 7.85. The van der Waals surface area contributed by atoms with Gasteiger partial charge in [0.05, 0.1) is 7.11 Å². The number of pyridine rings is 1. The second-order valence-corrected chi connectivity index (χ2v) is 13.4. The van der Waals surface area contributed by atoms with E-state index in [4.69, 9.17) is 14.2 Å². The first-order valence-corrected chi connectivity index (χ1v) is 17.4. The number of ketones is 1. The number of methoxy groups -OCH3 is 1. The van der Waals surface area contributed by atoms with Gasteiger partial charge in [0.25, 0.3) is 0 Å². The highest BCUT2D eigenvalue weighted by Crippen LogP contribution is 2.42. The van der Waals surface area contributed by atoms with Gasteiger partial charge >= 0.3 is 0 Å². The summed E-state index contributed by atoms with van der Waals surface area (Å²) < 4.78 is 18.9. The van der Waals surface area contributed by atoms with Crippen molar-refractivity contribution in [2.45, 2.75) is 38.8 Å². The van der Waals surface area contributed by atoms with E-state index >= 15 is 0 Å². The molecule has 242 valence electrons. The van der Waals surface area contributed by atoms with Gasteiger partial charge in [-0.25, -0.2) is 4.98 Å².